The van der Waals surface area contributed by atoms with E-state index in [9.17, 15) is 29.4 Å². The van der Waals surface area contributed by atoms with Crippen molar-refractivity contribution < 1.29 is 29.4 Å². The highest BCUT2D eigenvalue weighted by molar-refractivity contribution is 8.76. The molecular formula is C18H34N4O6S2. The third-order valence-electron chi connectivity index (χ3n) is 3.91. The molecule has 0 saturated carbocycles. The smallest absolute Gasteiger partial charge is 0.327 e. The van der Waals surface area contributed by atoms with E-state index in [-0.39, 0.29) is 23.3 Å². The highest BCUT2D eigenvalue weighted by atomic mass is 33.1. The van der Waals surface area contributed by atoms with Gasteiger partial charge < -0.3 is 32.3 Å². The van der Waals surface area contributed by atoms with Gasteiger partial charge in [-0.2, -0.15) is 0 Å². The fourth-order valence-electron chi connectivity index (χ4n) is 2.37. The molecule has 0 aromatic rings. The summed E-state index contributed by atoms with van der Waals surface area (Å²) in [4.78, 5) is 46.8. The molecule has 0 aliphatic carbocycles. The van der Waals surface area contributed by atoms with Crippen LogP contribution in [0.1, 0.15) is 40.5 Å². The van der Waals surface area contributed by atoms with Crippen LogP contribution in [0.4, 0.5) is 0 Å². The third-order valence-corrected chi connectivity index (χ3v) is 6.33. The molecule has 0 fully saturated rings. The average Bonchev–Trinajstić information content (AvgIpc) is 2.60. The molecule has 8 N–H and O–H groups in total. The second-order valence-corrected chi connectivity index (χ2v) is 10.4. The SMILES string of the molecule is CC(C)C[C@H](N)C(=O)N[C@@H](CSSC[C@H](NC(=O)[C@@H](N)CC(C)C)C(=O)O)C(=O)O. The van der Waals surface area contributed by atoms with E-state index in [1.54, 1.807) is 0 Å². The zero-order valence-corrected chi connectivity index (χ0v) is 19.4. The van der Waals surface area contributed by atoms with E-state index in [1.165, 1.54) is 0 Å². The lowest BCUT2D eigenvalue weighted by Crippen LogP contribution is -2.50. The van der Waals surface area contributed by atoms with Gasteiger partial charge in [-0.15, -0.1) is 0 Å². The highest BCUT2D eigenvalue weighted by Crippen LogP contribution is 2.23. The van der Waals surface area contributed by atoms with E-state index in [0.717, 1.165) is 21.6 Å². The normalized spacial score (nSPS) is 15.3. The summed E-state index contributed by atoms with van der Waals surface area (Å²) in [5.41, 5.74) is 11.5. The largest absolute Gasteiger partial charge is 0.480 e. The summed E-state index contributed by atoms with van der Waals surface area (Å²) in [6.45, 7) is 7.62. The Labute approximate surface area is 185 Å². The molecular weight excluding hydrogens is 432 g/mol. The molecule has 10 nitrogen and oxygen atoms in total. The molecule has 0 aromatic heterocycles. The first kappa shape index (κ1) is 28.5. The molecule has 2 amide bonds. The molecule has 0 radical (unpaired) electrons. The molecule has 0 heterocycles. The number of nitrogens with two attached hydrogens (primary N) is 2. The Morgan fingerprint density at radius 3 is 1.27 bits per heavy atom. The van der Waals surface area contributed by atoms with Gasteiger partial charge in [-0.05, 0) is 24.7 Å². The molecule has 0 spiro atoms. The lowest BCUT2D eigenvalue weighted by Gasteiger charge is -2.20. The van der Waals surface area contributed by atoms with Crippen LogP contribution in [0.5, 0.6) is 0 Å². The number of carbonyl (C=O) groups is 4. The Morgan fingerprint density at radius 2 is 1.03 bits per heavy atom. The van der Waals surface area contributed by atoms with Gasteiger partial charge in [0.05, 0.1) is 12.1 Å². The van der Waals surface area contributed by atoms with E-state index in [1.807, 2.05) is 27.7 Å². The molecule has 0 aromatic carbocycles. The van der Waals surface area contributed by atoms with Gasteiger partial charge in [-0.25, -0.2) is 9.59 Å². The summed E-state index contributed by atoms with van der Waals surface area (Å²) in [5.74, 6) is -3.12. The van der Waals surface area contributed by atoms with Crippen molar-refractivity contribution in [2.24, 2.45) is 23.3 Å². The van der Waals surface area contributed by atoms with Gasteiger partial charge in [0.2, 0.25) is 11.8 Å². The lowest BCUT2D eigenvalue weighted by atomic mass is 10.0. The number of aliphatic carboxylic acids is 2. The summed E-state index contributed by atoms with van der Waals surface area (Å²) in [7, 11) is 2.17. The minimum atomic E-state index is -1.21. The van der Waals surface area contributed by atoms with Crippen LogP contribution in [0.25, 0.3) is 0 Å². The van der Waals surface area contributed by atoms with Crippen molar-refractivity contribution in [3.05, 3.63) is 0 Å². The zero-order valence-electron chi connectivity index (χ0n) is 17.8. The van der Waals surface area contributed by atoms with E-state index in [4.69, 9.17) is 11.5 Å². The summed E-state index contributed by atoms with van der Waals surface area (Å²) >= 11 is 0. The summed E-state index contributed by atoms with van der Waals surface area (Å²) in [6, 6.07) is -3.92. The standard InChI is InChI=1S/C18H34N4O6S2/c1-9(2)5-11(19)15(23)21-13(17(25)26)7-29-30-8-14(18(27)28)22-16(24)12(20)6-10(3)4/h9-14H,5-8,19-20H2,1-4H3,(H,21,23)(H,22,24)(H,25,26)(H,27,28)/t11-,12-,13-,14-/m0/s1. The van der Waals surface area contributed by atoms with Crippen molar-refractivity contribution in [3.8, 4) is 0 Å². The minimum Gasteiger partial charge on any atom is -0.480 e. The van der Waals surface area contributed by atoms with Crippen molar-refractivity contribution in [1.82, 2.24) is 10.6 Å². The van der Waals surface area contributed by atoms with Gasteiger partial charge in [-0.1, -0.05) is 49.3 Å². The van der Waals surface area contributed by atoms with Crippen molar-refractivity contribution >= 4 is 45.3 Å². The van der Waals surface area contributed by atoms with E-state index >= 15 is 0 Å². The van der Waals surface area contributed by atoms with Crippen LogP contribution in [0.15, 0.2) is 0 Å². The van der Waals surface area contributed by atoms with Crippen molar-refractivity contribution in [2.45, 2.75) is 64.7 Å². The van der Waals surface area contributed by atoms with Crippen molar-refractivity contribution in [2.75, 3.05) is 11.5 Å². The topological polar surface area (TPSA) is 185 Å². The quantitative estimate of drug-likeness (QED) is 0.144. The number of nitrogens with one attached hydrogen (secondary N) is 2. The molecule has 30 heavy (non-hydrogen) atoms. The first-order valence-corrected chi connectivity index (χ1v) is 12.2. The Kier molecular flexibility index (Phi) is 13.8. The Morgan fingerprint density at radius 1 is 0.733 bits per heavy atom. The molecule has 0 unspecified atom stereocenters. The zero-order chi connectivity index (χ0) is 23.4. The fourth-order valence-corrected chi connectivity index (χ4v) is 4.68. The van der Waals surface area contributed by atoms with Crippen LogP contribution in [0, 0.1) is 11.8 Å². The molecule has 0 saturated heterocycles. The van der Waals surface area contributed by atoms with Crippen LogP contribution in [-0.2, 0) is 19.2 Å². The van der Waals surface area contributed by atoms with Crippen LogP contribution in [-0.4, -0.2) is 69.6 Å². The third kappa shape index (κ3) is 12.3. The van der Waals surface area contributed by atoms with Crippen molar-refractivity contribution in [1.29, 1.82) is 0 Å². The van der Waals surface area contributed by atoms with Gasteiger partial charge in [-0.3, -0.25) is 9.59 Å². The predicted octanol–water partition coefficient (Wildman–Crippen LogP) is 0.253. The number of amides is 2. The monoisotopic (exact) mass is 466 g/mol. The number of rotatable bonds is 15. The fraction of sp³-hybridized carbons (Fsp3) is 0.778. The van der Waals surface area contributed by atoms with Crippen LogP contribution in [0.3, 0.4) is 0 Å². The first-order chi connectivity index (χ1) is 13.8. The van der Waals surface area contributed by atoms with Gasteiger partial charge >= 0.3 is 11.9 Å². The first-order valence-electron chi connectivity index (χ1n) is 9.67. The lowest BCUT2D eigenvalue weighted by molar-refractivity contribution is -0.141. The number of carboxylic acid groups (broad SMARTS) is 2. The van der Waals surface area contributed by atoms with Crippen LogP contribution < -0.4 is 22.1 Å². The maximum absolute atomic E-state index is 12.0. The predicted molar refractivity (Wildman–Crippen MR) is 119 cm³/mol. The molecule has 0 bridgehead atoms. The maximum atomic E-state index is 12.0. The number of carboxylic acids is 2. The second-order valence-electron chi connectivity index (χ2n) is 7.84. The molecule has 4 atom stereocenters. The van der Waals surface area contributed by atoms with Crippen LogP contribution in [0.2, 0.25) is 0 Å². The van der Waals surface area contributed by atoms with Crippen molar-refractivity contribution in [3.63, 3.8) is 0 Å². The molecule has 12 heteroatoms. The van der Waals surface area contributed by atoms with Crippen LogP contribution >= 0.6 is 21.6 Å². The van der Waals surface area contributed by atoms with E-state index in [0.29, 0.717) is 12.8 Å². The van der Waals surface area contributed by atoms with E-state index < -0.39 is 47.9 Å². The number of carbonyl (C=O) groups excluding carboxylic acids is 2. The minimum absolute atomic E-state index is 0.00723. The molecule has 0 aliphatic heterocycles. The summed E-state index contributed by atoms with van der Waals surface area (Å²) in [5, 5.41) is 23.4. The summed E-state index contributed by atoms with van der Waals surface area (Å²) in [6.07, 6.45) is 0.859. The highest BCUT2D eigenvalue weighted by Gasteiger charge is 2.26. The number of hydrogen-bond donors (Lipinski definition) is 6. The Bertz CT molecular complexity index is 541. The van der Waals surface area contributed by atoms with E-state index in [2.05, 4.69) is 10.6 Å². The molecule has 0 rings (SSSR count). The molecule has 0 aliphatic rings. The van der Waals surface area contributed by atoms with Gasteiger partial charge in [0.15, 0.2) is 0 Å². The molecule has 174 valence electrons. The summed E-state index contributed by atoms with van der Waals surface area (Å²) < 4.78 is 0. The average molecular weight is 467 g/mol. The van der Waals surface area contributed by atoms with Gasteiger partial charge in [0, 0.05) is 11.5 Å². The van der Waals surface area contributed by atoms with Gasteiger partial charge in [0.1, 0.15) is 12.1 Å². The Balaban J connectivity index is 4.58. The maximum Gasteiger partial charge on any atom is 0.327 e. The second kappa shape index (κ2) is 14.5. The Hall–Kier alpha value is -1.50. The number of hydrogen-bond acceptors (Lipinski definition) is 8. The van der Waals surface area contributed by atoms with Gasteiger partial charge in [0.25, 0.3) is 0 Å².